The van der Waals surface area contributed by atoms with Crippen LogP contribution in [0.1, 0.15) is 31.9 Å². The lowest BCUT2D eigenvalue weighted by Crippen LogP contribution is -2.33. The molecule has 2 rings (SSSR count). The lowest BCUT2D eigenvalue weighted by Gasteiger charge is -2.40. The molecule has 0 fully saturated rings. The summed E-state index contributed by atoms with van der Waals surface area (Å²) < 4.78 is 108. The summed E-state index contributed by atoms with van der Waals surface area (Å²) in [5.74, 6) is -0.882. The van der Waals surface area contributed by atoms with Crippen molar-refractivity contribution in [2.75, 3.05) is 0 Å². The van der Waals surface area contributed by atoms with E-state index in [1.807, 2.05) is 0 Å². The van der Waals surface area contributed by atoms with Crippen LogP contribution in [-0.4, -0.2) is 19.4 Å². The molecule has 0 aliphatic carbocycles. The third kappa shape index (κ3) is 3.24. The zero-order valence-electron chi connectivity index (χ0n) is 13.9. The Labute approximate surface area is 148 Å². The molecular formula is C15H16F6O3S2. The third-order valence-electron chi connectivity index (χ3n) is 3.80. The lowest BCUT2D eigenvalue weighted by atomic mass is 10.1. The maximum atomic E-state index is 14.1. The Bertz CT molecular complexity index is 840. The molecule has 0 radical (unpaired) electrons. The van der Waals surface area contributed by atoms with E-state index < -0.39 is 47.2 Å². The summed E-state index contributed by atoms with van der Waals surface area (Å²) in [7, 11) is -11.4. The van der Waals surface area contributed by atoms with Crippen molar-refractivity contribution in [2.24, 2.45) is 5.92 Å². The molecule has 1 unspecified atom stereocenters. The average molecular weight is 422 g/mol. The SMILES string of the molecule is CCc1ccc2c(c1)S(OS(=O)(=O)C(F)(F)F)(C(F)(F)F)C(C(C)C)=C2. The van der Waals surface area contributed by atoms with E-state index in [4.69, 9.17) is 0 Å². The third-order valence-corrected chi connectivity index (χ3v) is 8.77. The van der Waals surface area contributed by atoms with Gasteiger partial charge in [0.25, 0.3) is 0 Å². The van der Waals surface area contributed by atoms with E-state index in [-0.39, 0.29) is 5.56 Å². The molecule has 0 spiro atoms. The zero-order valence-corrected chi connectivity index (χ0v) is 15.5. The molecule has 1 aromatic carbocycles. The van der Waals surface area contributed by atoms with Crippen molar-refractivity contribution in [1.29, 1.82) is 0 Å². The minimum atomic E-state index is -6.48. The number of allylic oxidation sites excluding steroid dienone is 1. The highest BCUT2D eigenvalue weighted by atomic mass is 32.3. The molecule has 0 aromatic heterocycles. The second kappa shape index (κ2) is 6.45. The molecule has 1 aromatic rings. The Kier molecular flexibility index (Phi) is 5.23. The van der Waals surface area contributed by atoms with E-state index in [1.54, 1.807) is 6.92 Å². The summed E-state index contributed by atoms with van der Waals surface area (Å²) >= 11 is 0. The first-order valence-electron chi connectivity index (χ1n) is 7.44. The van der Waals surface area contributed by atoms with E-state index in [0.29, 0.717) is 12.0 Å². The zero-order chi connectivity index (χ0) is 20.1. The Morgan fingerprint density at radius 2 is 1.69 bits per heavy atom. The second-order valence-electron chi connectivity index (χ2n) is 5.90. The summed E-state index contributed by atoms with van der Waals surface area (Å²) in [6.07, 6.45) is 1.40. The van der Waals surface area contributed by atoms with Crippen molar-refractivity contribution >= 4 is 26.5 Å². The van der Waals surface area contributed by atoms with Gasteiger partial charge in [-0.15, -0.1) is 0 Å². The topological polar surface area (TPSA) is 43.4 Å². The molecular weight excluding hydrogens is 406 g/mol. The summed E-state index contributed by atoms with van der Waals surface area (Å²) in [4.78, 5) is -1.08. The normalized spacial score (nSPS) is 23.5. The summed E-state index contributed by atoms with van der Waals surface area (Å²) in [5.41, 5.74) is -10.9. The van der Waals surface area contributed by atoms with Crippen LogP contribution in [0.3, 0.4) is 0 Å². The molecule has 1 aliphatic heterocycles. The fourth-order valence-electron chi connectivity index (χ4n) is 2.57. The molecule has 1 atom stereocenters. The Morgan fingerprint density at radius 3 is 2.12 bits per heavy atom. The van der Waals surface area contributed by atoms with Crippen molar-refractivity contribution in [3.8, 4) is 0 Å². The van der Waals surface area contributed by atoms with Gasteiger partial charge in [-0.1, -0.05) is 32.9 Å². The van der Waals surface area contributed by atoms with Crippen LogP contribution in [0.4, 0.5) is 26.3 Å². The molecule has 11 heteroatoms. The summed E-state index contributed by atoms with van der Waals surface area (Å²) in [5, 5.41) is 0. The maximum absolute atomic E-state index is 14.1. The van der Waals surface area contributed by atoms with Crippen LogP contribution in [0.2, 0.25) is 0 Å². The highest BCUT2D eigenvalue weighted by molar-refractivity contribution is 8.37. The Morgan fingerprint density at radius 1 is 1.12 bits per heavy atom. The lowest BCUT2D eigenvalue weighted by molar-refractivity contribution is -0.0547. The van der Waals surface area contributed by atoms with Gasteiger partial charge in [-0.2, -0.15) is 38.4 Å². The van der Waals surface area contributed by atoms with Crippen LogP contribution in [0.25, 0.3) is 6.08 Å². The number of alkyl halides is 6. The molecule has 1 aliphatic rings. The van der Waals surface area contributed by atoms with Gasteiger partial charge >= 0.3 is 21.1 Å². The van der Waals surface area contributed by atoms with Gasteiger partial charge in [0.1, 0.15) is 0 Å². The number of halogens is 6. The van der Waals surface area contributed by atoms with Crippen LogP contribution in [0.5, 0.6) is 0 Å². The van der Waals surface area contributed by atoms with E-state index in [1.165, 1.54) is 26.0 Å². The van der Waals surface area contributed by atoms with Gasteiger partial charge in [-0.3, -0.25) is 0 Å². The molecule has 0 saturated heterocycles. The predicted molar refractivity (Wildman–Crippen MR) is 86.6 cm³/mol. The molecule has 3 nitrogen and oxygen atoms in total. The fraction of sp³-hybridized carbons (Fsp3) is 0.467. The van der Waals surface area contributed by atoms with Crippen LogP contribution in [-0.2, 0) is 20.2 Å². The number of benzene rings is 1. The molecule has 1 heterocycles. The van der Waals surface area contributed by atoms with Crippen LogP contribution < -0.4 is 0 Å². The van der Waals surface area contributed by atoms with Crippen molar-refractivity contribution in [3.05, 3.63) is 34.2 Å². The van der Waals surface area contributed by atoms with Gasteiger partial charge in [0.15, 0.2) is 0 Å². The van der Waals surface area contributed by atoms with E-state index in [2.05, 4.69) is 3.63 Å². The number of hydrogen-bond donors (Lipinski definition) is 0. The molecule has 0 amide bonds. The molecule has 148 valence electrons. The number of hydrogen-bond acceptors (Lipinski definition) is 3. The Balaban J connectivity index is 2.85. The average Bonchev–Trinajstić information content (AvgIpc) is 2.80. The van der Waals surface area contributed by atoms with Crippen molar-refractivity contribution < 1.29 is 38.4 Å². The van der Waals surface area contributed by atoms with E-state index >= 15 is 0 Å². The van der Waals surface area contributed by atoms with E-state index in [9.17, 15) is 34.8 Å². The monoisotopic (exact) mass is 422 g/mol. The van der Waals surface area contributed by atoms with Crippen LogP contribution in [0, 0.1) is 5.92 Å². The van der Waals surface area contributed by atoms with Crippen molar-refractivity contribution in [1.82, 2.24) is 0 Å². The van der Waals surface area contributed by atoms with Gasteiger partial charge in [-0.05, 0) is 35.6 Å². The van der Waals surface area contributed by atoms with Crippen molar-refractivity contribution in [2.45, 2.75) is 43.1 Å². The largest absolute Gasteiger partial charge is 0.523 e. The van der Waals surface area contributed by atoms with Crippen LogP contribution in [0.15, 0.2) is 28.0 Å². The summed E-state index contributed by atoms with van der Waals surface area (Å²) in [6.45, 7) is 4.34. The first-order chi connectivity index (χ1) is 11.7. The predicted octanol–water partition coefficient (Wildman–Crippen LogP) is 5.72. The van der Waals surface area contributed by atoms with E-state index in [0.717, 1.165) is 12.1 Å². The van der Waals surface area contributed by atoms with Gasteiger partial charge < -0.3 is 0 Å². The first-order valence-corrected chi connectivity index (χ1v) is 10.4. The molecule has 0 N–H and O–H groups in total. The van der Waals surface area contributed by atoms with Gasteiger partial charge in [0, 0.05) is 20.1 Å². The fourth-order valence-corrected chi connectivity index (χ4v) is 7.38. The quantitative estimate of drug-likeness (QED) is 0.460. The molecule has 0 saturated carbocycles. The first kappa shape index (κ1) is 21.1. The van der Waals surface area contributed by atoms with Crippen LogP contribution >= 0.6 is 10.3 Å². The molecule has 26 heavy (non-hydrogen) atoms. The van der Waals surface area contributed by atoms with Gasteiger partial charge in [0.05, 0.1) is 0 Å². The molecule has 0 bridgehead atoms. The minimum Gasteiger partial charge on any atom is -0.196 e. The number of rotatable bonds is 4. The number of aryl methyl sites for hydroxylation is 1. The van der Waals surface area contributed by atoms with Gasteiger partial charge in [-0.25, -0.2) is 0 Å². The highest BCUT2D eigenvalue weighted by Gasteiger charge is 2.64. The standard InChI is InChI=1S/C15H16F6O3S2/c1-4-10-5-6-11-8-12(9(2)3)25(13(11)7-10,14(16,17)18)24-26(22,23)15(19,20)21/h5-9H,4H2,1-3H3. The Hall–Kier alpha value is -1.20. The summed E-state index contributed by atoms with van der Waals surface area (Å²) in [6, 6.07) is 3.95. The maximum Gasteiger partial charge on any atom is 0.523 e. The second-order valence-corrected chi connectivity index (χ2v) is 10.3. The minimum absolute atomic E-state index is 0.00981. The smallest absolute Gasteiger partial charge is 0.196 e. The number of fused-ring (bicyclic) bond motifs is 1. The highest BCUT2D eigenvalue weighted by Crippen LogP contribution is 2.79. The van der Waals surface area contributed by atoms with Crippen molar-refractivity contribution in [3.63, 3.8) is 0 Å². The van der Waals surface area contributed by atoms with Gasteiger partial charge in [0.2, 0.25) is 0 Å².